The fraction of sp³-hybridized carbons (Fsp3) is 0.382. The van der Waals surface area contributed by atoms with E-state index in [4.69, 9.17) is 14.2 Å². The van der Waals surface area contributed by atoms with E-state index in [1.165, 1.54) is 24.3 Å². The van der Waals surface area contributed by atoms with Gasteiger partial charge in [-0.1, -0.05) is 71.1 Å². The van der Waals surface area contributed by atoms with Crippen molar-refractivity contribution in [2.24, 2.45) is 5.92 Å². The molecular formula is C34H36F4O4. The molecule has 0 saturated carbocycles. The van der Waals surface area contributed by atoms with E-state index in [-0.39, 0.29) is 17.7 Å². The van der Waals surface area contributed by atoms with Crippen LogP contribution in [0.15, 0.2) is 48.5 Å². The largest absolute Gasteiger partial charge is 0.493 e. The maximum atomic E-state index is 14.6. The molecule has 0 aliphatic rings. The Morgan fingerprint density at radius 3 is 1.95 bits per heavy atom. The Hall–Kier alpha value is -3.99. The topological polar surface area (TPSA) is 44.8 Å². The number of esters is 1. The normalized spacial score (nSPS) is 11.4. The molecule has 3 aromatic carbocycles. The third-order valence-electron chi connectivity index (χ3n) is 6.69. The number of hydrogen-bond acceptors (Lipinski definition) is 4. The summed E-state index contributed by atoms with van der Waals surface area (Å²) in [6, 6.07) is 12.4. The van der Waals surface area contributed by atoms with Crippen LogP contribution in [0.4, 0.5) is 17.6 Å². The molecule has 0 heterocycles. The van der Waals surface area contributed by atoms with Crippen molar-refractivity contribution < 1.29 is 36.6 Å². The van der Waals surface area contributed by atoms with Crippen LogP contribution in [0.3, 0.4) is 0 Å². The maximum Gasteiger partial charge on any atom is 0.343 e. The molecule has 0 amide bonds. The molecule has 0 bridgehead atoms. The van der Waals surface area contributed by atoms with Gasteiger partial charge in [0.1, 0.15) is 17.1 Å². The Labute approximate surface area is 245 Å². The van der Waals surface area contributed by atoms with Crippen LogP contribution in [0.2, 0.25) is 0 Å². The first kappa shape index (κ1) is 32.5. The molecule has 3 aromatic rings. The summed E-state index contributed by atoms with van der Waals surface area (Å²) in [6.07, 6.45) is 6.49. The minimum Gasteiger partial charge on any atom is -0.493 e. The highest BCUT2D eigenvalue weighted by molar-refractivity contribution is 5.91. The van der Waals surface area contributed by atoms with E-state index >= 15 is 0 Å². The predicted octanol–water partition coefficient (Wildman–Crippen LogP) is 9.03. The number of ether oxygens (including phenoxy) is 3. The van der Waals surface area contributed by atoms with E-state index in [0.717, 1.165) is 38.5 Å². The van der Waals surface area contributed by atoms with Crippen molar-refractivity contribution in [3.8, 4) is 29.1 Å². The van der Waals surface area contributed by atoms with E-state index < -0.39 is 40.6 Å². The van der Waals surface area contributed by atoms with Gasteiger partial charge in [-0.05, 0) is 60.9 Å². The molecule has 8 heteroatoms. The van der Waals surface area contributed by atoms with E-state index in [1.54, 1.807) is 24.3 Å². The molecule has 0 aliphatic heterocycles. The van der Waals surface area contributed by atoms with Gasteiger partial charge in [-0.3, -0.25) is 0 Å². The molecular weight excluding hydrogens is 548 g/mol. The average molecular weight is 585 g/mol. The van der Waals surface area contributed by atoms with E-state index in [0.29, 0.717) is 30.4 Å². The molecule has 0 unspecified atom stereocenters. The number of hydrogen-bond donors (Lipinski definition) is 0. The van der Waals surface area contributed by atoms with E-state index in [2.05, 4.69) is 32.6 Å². The smallest absolute Gasteiger partial charge is 0.343 e. The van der Waals surface area contributed by atoms with Crippen molar-refractivity contribution in [1.82, 2.24) is 0 Å². The molecule has 0 N–H and O–H groups in total. The zero-order chi connectivity index (χ0) is 30.5. The first-order valence-corrected chi connectivity index (χ1v) is 14.3. The van der Waals surface area contributed by atoms with Gasteiger partial charge in [-0.25, -0.2) is 13.6 Å². The summed E-state index contributed by atoms with van der Waals surface area (Å²) in [5, 5.41) is 0. The molecule has 42 heavy (non-hydrogen) atoms. The molecule has 0 saturated heterocycles. The predicted molar refractivity (Wildman–Crippen MR) is 154 cm³/mol. The van der Waals surface area contributed by atoms with Crippen LogP contribution in [0.1, 0.15) is 87.2 Å². The maximum absolute atomic E-state index is 14.6. The zero-order valence-corrected chi connectivity index (χ0v) is 24.2. The molecule has 0 radical (unpaired) electrons. The third kappa shape index (κ3) is 9.27. The van der Waals surface area contributed by atoms with Crippen molar-refractivity contribution in [1.29, 1.82) is 0 Å². The molecule has 4 nitrogen and oxygen atoms in total. The summed E-state index contributed by atoms with van der Waals surface area (Å²) in [5.74, 6) is -2.18. The fourth-order valence-corrected chi connectivity index (χ4v) is 3.86. The minimum atomic E-state index is -1.63. The summed E-state index contributed by atoms with van der Waals surface area (Å²) in [4.78, 5) is 12.5. The van der Waals surface area contributed by atoms with Gasteiger partial charge in [0.15, 0.2) is 17.4 Å². The van der Waals surface area contributed by atoms with Crippen molar-refractivity contribution in [3.63, 3.8) is 0 Å². The summed E-state index contributed by atoms with van der Waals surface area (Å²) in [7, 11) is 0. The van der Waals surface area contributed by atoms with Gasteiger partial charge in [0, 0.05) is 5.56 Å². The fourth-order valence-electron chi connectivity index (χ4n) is 3.86. The van der Waals surface area contributed by atoms with Gasteiger partial charge < -0.3 is 14.2 Å². The SMILES string of the molecule is CCCCCCCCOc1c(F)c(F)c(C#Cc2ccc(C(=O)Oc3ccc(OC[C@@H](C)CC)cc3)cc2)c(F)c1F. The number of halogens is 4. The standard InChI is InChI=1S/C34H36F4O4/c1-4-6-7-8-9-10-21-40-33-31(37)29(35)28(30(36)32(33)38)20-13-24-11-14-25(15-12-24)34(39)42-27-18-16-26(17-19-27)41-22-23(3)5-2/h11-12,14-19,23H,4-10,21-22H2,1-3H3/t23-/m0/s1. The van der Waals surface area contributed by atoms with Crippen LogP contribution in [0.5, 0.6) is 17.2 Å². The minimum absolute atomic E-state index is 0.0588. The van der Waals surface area contributed by atoms with Crippen LogP contribution in [0, 0.1) is 41.0 Å². The average Bonchev–Trinajstić information content (AvgIpc) is 3.00. The number of carbonyl (C=O) groups excluding carboxylic acids is 1. The lowest BCUT2D eigenvalue weighted by atomic mass is 10.1. The lowest BCUT2D eigenvalue weighted by Gasteiger charge is -2.11. The lowest BCUT2D eigenvalue weighted by molar-refractivity contribution is 0.0734. The van der Waals surface area contributed by atoms with Crippen molar-refractivity contribution in [2.45, 2.75) is 65.7 Å². The van der Waals surface area contributed by atoms with Crippen molar-refractivity contribution in [3.05, 3.63) is 88.5 Å². The number of unbranched alkanes of at least 4 members (excludes halogenated alkanes) is 5. The van der Waals surface area contributed by atoms with Gasteiger partial charge in [0.2, 0.25) is 11.6 Å². The summed E-state index contributed by atoms with van der Waals surface area (Å²) in [5.41, 5.74) is -0.576. The second-order valence-electron chi connectivity index (χ2n) is 10.1. The van der Waals surface area contributed by atoms with Gasteiger partial charge in [0.05, 0.1) is 18.8 Å². The molecule has 0 aliphatic carbocycles. The number of carbonyl (C=O) groups is 1. The molecule has 0 fully saturated rings. The Kier molecular flexibility index (Phi) is 12.7. The Morgan fingerprint density at radius 2 is 1.33 bits per heavy atom. The highest BCUT2D eigenvalue weighted by atomic mass is 19.2. The molecule has 0 spiro atoms. The first-order chi connectivity index (χ1) is 20.2. The molecule has 1 atom stereocenters. The van der Waals surface area contributed by atoms with Crippen molar-refractivity contribution in [2.75, 3.05) is 13.2 Å². The number of benzene rings is 3. The van der Waals surface area contributed by atoms with Crippen LogP contribution in [-0.4, -0.2) is 19.2 Å². The van der Waals surface area contributed by atoms with Gasteiger partial charge in [-0.15, -0.1) is 0 Å². The zero-order valence-electron chi connectivity index (χ0n) is 24.2. The Morgan fingerprint density at radius 1 is 0.738 bits per heavy atom. The highest BCUT2D eigenvalue weighted by Crippen LogP contribution is 2.30. The summed E-state index contributed by atoms with van der Waals surface area (Å²) >= 11 is 0. The quantitative estimate of drug-likeness (QED) is 0.0474. The van der Waals surface area contributed by atoms with Gasteiger partial charge in [0.25, 0.3) is 0 Å². The van der Waals surface area contributed by atoms with Crippen LogP contribution >= 0.6 is 0 Å². The third-order valence-corrected chi connectivity index (χ3v) is 6.69. The summed E-state index contributed by atoms with van der Waals surface area (Å²) in [6.45, 7) is 6.80. The van der Waals surface area contributed by atoms with Gasteiger partial charge in [-0.2, -0.15) is 8.78 Å². The Balaban J connectivity index is 1.61. The monoisotopic (exact) mass is 584 g/mol. The van der Waals surface area contributed by atoms with E-state index in [1.807, 2.05) is 0 Å². The highest BCUT2D eigenvalue weighted by Gasteiger charge is 2.26. The lowest BCUT2D eigenvalue weighted by Crippen LogP contribution is -2.09. The summed E-state index contributed by atoms with van der Waals surface area (Å²) < 4.78 is 74.3. The second kappa shape index (κ2) is 16.5. The van der Waals surface area contributed by atoms with Crippen LogP contribution < -0.4 is 14.2 Å². The Bertz CT molecular complexity index is 1350. The van der Waals surface area contributed by atoms with Crippen LogP contribution in [-0.2, 0) is 0 Å². The first-order valence-electron chi connectivity index (χ1n) is 14.3. The molecule has 0 aromatic heterocycles. The van der Waals surface area contributed by atoms with E-state index in [9.17, 15) is 22.4 Å². The number of rotatable bonds is 14. The molecule has 3 rings (SSSR count). The van der Waals surface area contributed by atoms with Gasteiger partial charge >= 0.3 is 5.97 Å². The second-order valence-corrected chi connectivity index (χ2v) is 10.1. The molecule has 224 valence electrons. The van der Waals surface area contributed by atoms with Crippen LogP contribution in [0.25, 0.3) is 0 Å². The van der Waals surface area contributed by atoms with Crippen molar-refractivity contribution >= 4 is 5.97 Å².